The molecule has 0 saturated carbocycles. The molecule has 0 spiro atoms. The van der Waals surface area contributed by atoms with Gasteiger partial charge in [0, 0.05) is 10.9 Å². The largest absolute Gasteiger partial charge is 0.508 e. The van der Waals surface area contributed by atoms with Gasteiger partial charge >= 0.3 is 5.69 Å². The SMILES string of the molecule is C#CCOc1ccc2c(c1)c(-c1ccc(C(C)C)cc1)nc(=O)n2Cc1ccc(O)cc1. The molecule has 0 fully saturated rings. The highest BCUT2D eigenvalue weighted by atomic mass is 16.5. The Balaban J connectivity index is 1.88. The Hall–Kier alpha value is -4.04. The minimum Gasteiger partial charge on any atom is -0.508 e. The van der Waals surface area contributed by atoms with Crippen molar-refractivity contribution in [2.45, 2.75) is 26.3 Å². The molecular formula is C27H24N2O3. The molecule has 0 radical (unpaired) electrons. The predicted molar refractivity (Wildman–Crippen MR) is 127 cm³/mol. The third kappa shape index (κ3) is 4.35. The summed E-state index contributed by atoms with van der Waals surface area (Å²) < 4.78 is 7.25. The summed E-state index contributed by atoms with van der Waals surface area (Å²) in [4.78, 5) is 17.5. The van der Waals surface area contributed by atoms with E-state index in [1.54, 1.807) is 34.9 Å². The van der Waals surface area contributed by atoms with Crippen molar-refractivity contribution in [3.8, 4) is 35.1 Å². The van der Waals surface area contributed by atoms with E-state index in [9.17, 15) is 9.90 Å². The standard InChI is InChI=1S/C27H24N2O3/c1-4-15-32-23-13-14-25-24(16-23)26(21-9-7-20(8-10-21)18(2)3)28-27(31)29(25)17-19-5-11-22(30)12-6-19/h1,5-14,16,18,30H,15,17H2,2-3H3. The Labute approximate surface area is 186 Å². The van der Waals surface area contributed by atoms with Crippen LogP contribution in [0.15, 0.2) is 71.5 Å². The molecule has 5 nitrogen and oxygen atoms in total. The van der Waals surface area contributed by atoms with E-state index in [1.807, 2.05) is 24.3 Å². The van der Waals surface area contributed by atoms with E-state index in [0.717, 1.165) is 22.0 Å². The molecule has 32 heavy (non-hydrogen) atoms. The molecule has 0 unspecified atom stereocenters. The highest BCUT2D eigenvalue weighted by molar-refractivity contribution is 5.93. The number of phenolic OH excluding ortho intramolecular Hbond substituents is 1. The molecule has 4 rings (SSSR count). The lowest BCUT2D eigenvalue weighted by Crippen LogP contribution is -2.24. The van der Waals surface area contributed by atoms with Crippen LogP contribution in [-0.2, 0) is 6.54 Å². The van der Waals surface area contributed by atoms with Gasteiger partial charge in [0.05, 0.1) is 17.8 Å². The fourth-order valence-corrected chi connectivity index (χ4v) is 3.66. The second-order valence-electron chi connectivity index (χ2n) is 7.94. The normalized spacial score (nSPS) is 10.9. The summed E-state index contributed by atoms with van der Waals surface area (Å²) in [5.41, 5.74) is 3.97. The molecule has 0 atom stereocenters. The van der Waals surface area contributed by atoms with E-state index in [2.05, 4.69) is 36.9 Å². The molecule has 3 aromatic carbocycles. The number of nitrogens with zero attached hydrogens (tertiary/aromatic N) is 2. The number of fused-ring (bicyclic) bond motifs is 1. The van der Waals surface area contributed by atoms with Crippen LogP contribution in [0.25, 0.3) is 22.2 Å². The molecule has 0 bridgehead atoms. The predicted octanol–water partition coefficient (Wildman–Crippen LogP) is 4.95. The number of benzene rings is 3. The smallest absolute Gasteiger partial charge is 0.348 e. The minimum absolute atomic E-state index is 0.157. The number of rotatable bonds is 6. The summed E-state index contributed by atoms with van der Waals surface area (Å²) in [5.74, 6) is 3.68. The fraction of sp³-hybridized carbons (Fsp3) is 0.185. The third-order valence-corrected chi connectivity index (χ3v) is 5.40. The molecule has 4 aromatic rings. The number of hydrogen-bond acceptors (Lipinski definition) is 4. The van der Waals surface area contributed by atoms with Crippen molar-refractivity contribution in [1.82, 2.24) is 9.55 Å². The first kappa shape index (κ1) is 21.2. The maximum absolute atomic E-state index is 13.1. The average molecular weight is 425 g/mol. The number of terminal acetylenes is 1. The van der Waals surface area contributed by atoms with Crippen molar-refractivity contribution >= 4 is 10.9 Å². The number of aromatic hydroxyl groups is 1. The van der Waals surface area contributed by atoms with Crippen molar-refractivity contribution in [3.63, 3.8) is 0 Å². The zero-order valence-corrected chi connectivity index (χ0v) is 18.1. The van der Waals surface area contributed by atoms with Crippen molar-refractivity contribution in [1.29, 1.82) is 0 Å². The highest BCUT2D eigenvalue weighted by Crippen LogP contribution is 2.30. The number of aromatic nitrogens is 2. The Morgan fingerprint density at radius 3 is 2.44 bits per heavy atom. The van der Waals surface area contributed by atoms with E-state index in [0.29, 0.717) is 23.9 Å². The molecule has 1 N–H and O–H groups in total. The molecule has 0 aliphatic rings. The second-order valence-corrected chi connectivity index (χ2v) is 7.94. The first-order valence-electron chi connectivity index (χ1n) is 10.5. The zero-order chi connectivity index (χ0) is 22.7. The van der Waals surface area contributed by atoms with Crippen LogP contribution in [0.4, 0.5) is 0 Å². The Morgan fingerprint density at radius 1 is 1.06 bits per heavy atom. The molecular weight excluding hydrogens is 400 g/mol. The van der Waals surface area contributed by atoms with Crippen LogP contribution < -0.4 is 10.4 Å². The fourth-order valence-electron chi connectivity index (χ4n) is 3.66. The summed E-state index contributed by atoms with van der Waals surface area (Å²) in [5, 5.41) is 10.4. The minimum atomic E-state index is -0.342. The van der Waals surface area contributed by atoms with E-state index in [-0.39, 0.29) is 18.0 Å². The summed E-state index contributed by atoms with van der Waals surface area (Å²) in [6.45, 7) is 4.77. The molecule has 0 saturated heterocycles. The molecule has 1 heterocycles. The van der Waals surface area contributed by atoms with Crippen molar-refractivity contribution in [2.75, 3.05) is 6.61 Å². The van der Waals surface area contributed by atoms with Gasteiger partial charge in [0.15, 0.2) is 0 Å². The molecule has 1 aromatic heterocycles. The van der Waals surface area contributed by atoms with Gasteiger partial charge < -0.3 is 9.84 Å². The number of phenols is 1. The lowest BCUT2D eigenvalue weighted by molar-refractivity contribution is 0.371. The first-order valence-corrected chi connectivity index (χ1v) is 10.5. The van der Waals surface area contributed by atoms with Crippen molar-refractivity contribution in [2.24, 2.45) is 0 Å². The Morgan fingerprint density at radius 2 is 1.78 bits per heavy atom. The second kappa shape index (κ2) is 8.99. The van der Waals surface area contributed by atoms with Crippen molar-refractivity contribution in [3.05, 3.63) is 88.3 Å². The lowest BCUT2D eigenvalue weighted by Gasteiger charge is -2.15. The first-order chi connectivity index (χ1) is 15.5. The van der Waals surface area contributed by atoms with Crippen LogP contribution >= 0.6 is 0 Å². The van der Waals surface area contributed by atoms with Crippen LogP contribution in [0, 0.1) is 12.3 Å². The monoisotopic (exact) mass is 424 g/mol. The van der Waals surface area contributed by atoms with Crippen LogP contribution in [0.1, 0.15) is 30.9 Å². The molecule has 5 heteroatoms. The van der Waals surface area contributed by atoms with Gasteiger partial charge in [-0.1, -0.05) is 56.2 Å². The molecule has 0 amide bonds. The van der Waals surface area contributed by atoms with E-state index < -0.39 is 0 Å². The highest BCUT2D eigenvalue weighted by Gasteiger charge is 2.14. The molecule has 160 valence electrons. The van der Waals surface area contributed by atoms with Crippen LogP contribution in [0.2, 0.25) is 0 Å². The summed E-state index contributed by atoms with van der Waals surface area (Å²) >= 11 is 0. The van der Waals surface area contributed by atoms with Crippen molar-refractivity contribution < 1.29 is 9.84 Å². The Bertz CT molecular complexity index is 1350. The van der Waals surface area contributed by atoms with Crippen LogP contribution in [-0.4, -0.2) is 21.3 Å². The van der Waals surface area contributed by atoms with Gasteiger partial charge in [-0.3, -0.25) is 4.57 Å². The summed E-state index contributed by atoms with van der Waals surface area (Å²) in [6, 6.07) is 20.4. The molecule has 0 aliphatic carbocycles. The zero-order valence-electron chi connectivity index (χ0n) is 18.1. The van der Waals surface area contributed by atoms with Gasteiger partial charge in [-0.2, -0.15) is 4.98 Å². The van der Waals surface area contributed by atoms with Gasteiger partial charge in [0.1, 0.15) is 18.1 Å². The average Bonchev–Trinajstić information content (AvgIpc) is 2.80. The van der Waals surface area contributed by atoms with E-state index in [4.69, 9.17) is 11.2 Å². The van der Waals surface area contributed by atoms with E-state index >= 15 is 0 Å². The Kier molecular flexibility index (Phi) is 5.96. The van der Waals surface area contributed by atoms with Crippen LogP contribution in [0.3, 0.4) is 0 Å². The third-order valence-electron chi connectivity index (χ3n) is 5.40. The topological polar surface area (TPSA) is 64.3 Å². The van der Waals surface area contributed by atoms with Gasteiger partial charge in [-0.05, 0) is 47.4 Å². The van der Waals surface area contributed by atoms with Crippen LogP contribution in [0.5, 0.6) is 11.5 Å². The molecule has 0 aliphatic heterocycles. The summed E-state index contributed by atoms with van der Waals surface area (Å²) in [7, 11) is 0. The maximum Gasteiger partial charge on any atom is 0.348 e. The van der Waals surface area contributed by atoms with Gasteiger partial charge in [-0.15, -0.1) is 6.42 Å². The lowest BCUT2D eigenvalue weighted by atomic mass is 9.99. The van der Waals surface area contributed by atoms with Gasteiger partial charge in [0.25, 0.3) is 0 Å². The summed E-state index contributed by atoms with van der Waals surface area (Å²) in [6.07, 6.45) is 5.34. The number of hydrogen-bond donors (Lipinski definition) is 1. The quantitative estimate of drug-likeness (QED) is 0.445. The van der Waals surface area contributed by atoms with Gasteiger partial charge in [0.2, 0.25) is 0 Å². The van der Waals surface area contributed by atoms with E-state index in [1.165, 1.54) is 5.56 Å². The maximum atomic E-state index is 13.1. The number of ether oxygens (including phenoxy) is 1. The van der Waals surface area contributed by atoms with Gasteiger partial charge in [-0.25, -0.2) is 4.79 Å².